The summed E-state index contributed by atoms with van der Waals surface area (Å²) in [4.78, 5) is 0. The maximum Gasteiger partial charge on any atom is 0.479 e. The van der Waals surface area contributed by atoms with Crippen molar-refractivity contribution in [3.63, 3.8) is 0 Å². The van der Waals surface area contributed by atoms with E-state index >= 15 is 0 Å². The maximum atomic E-state index is 5.91. The predicted molar refractivity (Wildman–Crippen MR) is 74.1 cm³/mol. The third-order valence-electron chi connectivity index (χ3n) is 2.13. The Morgan fingerprint density at radius 1 is 0.778 bits per heavy atom. The molecule has 106 valence electrons. The second-order valence-electron chi connectivity index (χ2n) is 3.98. The molecule has 1 aliphatic heterocycles. The molecule has 0 aromatic heterocycles. The summed E-state index contributed by atoms with van der Waals surface area (Å²) in [6.07, 6.45) is 0. The van der Waals surface area contributed by atoms with Gasteiger partial charge in [0.1, 0.15) is 0 Å². The summed E-state index contributed by atoms with van der Waals surface area (Å²) in [5.74, 6) is 0. The first kappa shape index (κ1) is 16.7. The zero-order valence-electron chi connectivity index (χ0n) is 11.9. The van der Waals surface area contributed by atoms with E-state index in [4.69, 9.17) is 25.3 Å². The van der Waals surface area contributed by atoms with E-state index in [1.165, 1.54) is 0 Å². The normalized spacial score (nSPS) is 36.3. The Morgan fingerprint density at radius 2 is 1.06 bits per heavy atom. The molecule has 10 heteroatoms. The van der Waals surface area contributed by atoms with Crippen molar-refractivity contribution in [2.24, 2.45) is 0 Å². The van der Waals surface area contributed by atoms with Crippen LogP contribution in [0.3, 0.4) is 0 Å². The molecule has 0 spiro atoms. The molecule has 0 aromatic rings. The summed E-state index contributed by atoms with van der Waals surface area (Å²) in [7, 11) is -8.23. The van der Waals surface area contributed by atoms with Crippen molar-refractivity contribution >= 4 is 36.2 Å². The largest absolute Gasteiger partial charge is 0.479 e. The zero-order valence-corrected chi connectivity index (χ0v) is 15.9. The molecule has 0 N–H and O–H groups in total. The lowest BCUT2D eigenvalue weighted by atomic mass is 10.9. The first-order valence-electron chi connectivity index (χ1n) is 6.03. The van der Waals surface area contributed by atoms with Gasteiger partial charge in [-0.3, -0.25) is 0 Å². The number of hydrogen-bond donors (Lipinski definition) is 0. The average Bonchev–Trinajstić information content (AvgIpc) is 2.13. The van der Waals surface area contributed by atoms with Gasteiger partial charge >= 0.3 is 36.2 Å². The minimum Gasteiger partial charge on any atom is -0.393 e. The highest BCUT2D eigenvalue weighted by Gasteiger charge is 2.49. The molecule has 0 aromatic carbocycles. The molecule has 18 heavy (non-hydrogen) atoms. The van der Waals surface area contributed by atoms with Gasteiger partial charge in [0, 0.05) is 26.3 Å². The van der Waals surface area contributed by atoms with E-state index in [0.717, 1.165) is 0 Å². The van der Waals surface area contributed by atoms with Gasteiger partial charge < -0.3 is 25.3 Å². The van der Waals surface area contributed by atoms with Crippen molar-refractivity contribution in [1.29, 1.82) is 0 Å². The molecule has 0 bridgehead atoms. The van der Waals surface area contributed by atoms with Crippen LogP contribution in [0.4, 0.5) is 0 Å². The Labute approximate surface area is 115 Å². The van der Waals surface area contributed by atoms with Gasteiger partial charge in [-0.1, -0.05) is 0 Å². The van der Waals surface area contributed by atoms with Crippen LogP contribution in [0.5, 0.6) is 0 Å². The van der Waals surface area contributed by atoms with Crippen LogP contribution in [0.1, 0.15) is 13.8 Å². The Kier molecular flexibility index (Phi) is 6.37. The van der Waals surface area contributed by atoms with E-state index in [1.54, 1.807) is 0 Å². The molecule has 0 saturated carbocycles. The Hall–Kier alpha value is 0.628. The lowest BCUT2D eigenvalue weighted by Crippen LogP contribution is -2.60. The molecule has 2 radical (unpaired) electrons. The summed E-state index contributed by atoms with van der Waals surface area (Å²) < 4.78 is 34.9. The van der Waals surface area contributed by atoms with Gasteiger partial charge in [0.15, 0.2) is 0 Å². The van der Waals surface area contributed by atoms with Crippen molar-refractivity contribution in [1.82, 2.24) is 0 Å². The van der Waals surface area contributed by atoms with E-state index in [-0.39, 0.29) is 0 Å². The second-order valence-corrected chi connectivity index (χ2v) is 13.2. The van der Waals surface area contributed by atoms with Crippen molar-refractivity contribution in [2.45, 2.75) is 40.0 Å². The maximum absolute atomic E-state index is 5.91. The molecule has 0 atom stereocenters. The fourth-order valence-electron chi connectivity index (χ4n) is 1.77. The highest BCUT2D eigenvalue weighted by molar-refractivity contribution is 6.81. The minimum atomic E-state index is -2.62. The average molecular weight is 327 g/mol. The van der Waals surface area contributed by atoms with E-state index in [2.05, 4.69) is 0 Å². The molecular weight excluding hydrogens is 304 g/mol. The second kappa shape index (κ2) is 6.87. The molecule has 1 saturated heterocycles. The lowest BCUT2D eigenvalue weighted by molar-refractivity contribution is 0.112. The first-order valence-corrected chi connectivity index (χ1v) is 14.1. The summed E-state index contributed by atoms with van der Waals surface area (Å²) in [5.41, 5.74) is 0. The monoisotopic (exact) mass is 326 g/mol. The molecule has 1 heterocycles. The summed E-state index contributed by atoms with van der Waals surface area (Å²) in [6.45, 7) is 12.6. The van der Waals surface area contributed by atoms with Crippen molar-refractivity contribution in [3.8, 4) is 0 Å². The van der Waals surface area contributed by atoms with Crippen LogP contribution in [-0.2, 0) is 25.3 Å². The first-order chi connectivity index (χ1) is 8.32. The van der Waals surface area contributed by atoms with Gasteiger partial charge in [-0.2, -0.15) is 0 Å². The van der Waals surface area contributed by atoms with Gasteiger partial charge in [0.25, 0.3) is 0 Å². The van der Waals surface area contributed by atoms with Crippen LogP contribution in [0.25, 0.3) is 0 Å². The fourth-order valence-corrected chi connectivity index (χ4v) is 14.3. The number of rotatable bonds is 4. The van der Waals surface area contributed by atoms with Crippen LogP contribution in [0, 0.1) is 0 Å². The van der Waals surface area contributed by atoms with E-state index < -0.39 is 36.2 Å². The topological polar surface area (TPSA) is 55.4 Å². The molecule has 0 unspecified atom stereocenters. The third kappa shape index (κ3) is 4.95. The number of hydrogen-bond acceptors (Lipinski definition) is 6. The van der Waals surface area contributed by atoms with Crippen LogP contribution >= 0.6 is 0 Å². The Balaban J connectivity index is 2.77. The van der Waals surface area contributed by atoms with Crippen molar-refractivity contribution in [2.75, 3.05) is 13.2 Å². The molecule has 0 amide bonds. The SMILES string of the molecule is CCO[Si]1(C)O[Si](C)O[Si](C)(OCC)O[Si](C)O1. The summed E-state index contributed by atoms with van der Waals surface area (Å²) in [5, 5.41) is 0. The van der Waals surface area contributed by atoms with Crippen molar-refractivity contribution in [3.05, 3.63) is 0 Å². The minimum absolute atomic E-state index is 0.563. The highest BCUT2D eigenvalue weighted by Crippen LogP contribution is 2.22. The van der Waals surface area contributed by atoms with Gasteiger partial charge in [0.05, 0.1) is 0 Å². The van der Waals surface area contributed by atoms with Gasteiger partial charge in [-0.25, -0.2) is 0 Å². The van der Waals surface area contributed by atoms with Gasteiger partial charge in [-0.05, 0) is 26.9 Å². The molecule has 0 aliphatic carbocycles. The molecule has 1 fully saturated rings. The van der Waals surface area contributed by atoms with E-state index in [9.17, 15) is 0 Å². The molecule has 1 aliphatic rings. The Bertz CT molecular complexity index is 230. The predicted octanol–water partition coefficient (Wildman–Crippen LogP) is 1.51. The highest BCUT2D eigenvalue weighted by atomic mass is 28.5. The standard InChI is InChI=1S/C8H22O6Si4/c1-7-9-17(5)11-15(3)13-18(6,10-8-2)14-16(4)12-17/h7-8H2,1-6H3. The lowest BCUT2D eigenvalue weighted by Gasteiger charge is -2.38. The van der Waals surface area contributed by atoms with Gasteiger partial charge in [0.2, 0.25) is 0 Å². The Morgan fingerprint density at radius 3 is 1.28 bits per heavy atom. The van der Waals surface area contributed by atoms with E-state index in [0.29, 0.717) is 13.2 Å². The fraction of sp³-hybridized carbons (Fsp3) is 1.00. The third-order valence-corrected chi connectivity index (χ3v) is 14.3. The molecular formula is C8H22O6Si4. The molecule has 1 rings (SSSR count). The molecule has 6 nitrogen and oxygen atoms in total. The quantitative estimate of drug-likeness (QED) is 0.730. The van der Waals surface area contributed by atoms with Crippen LogP contribution in [0.15, 0.2) is 0 Å². The zero-order chi connectivity index (χ0) is 13.8. The van der Waals surface area contributed by atoms with Gasteiger partial charge in [-0.15, -0.1) is 0 Å². The van der Waals surface area contributed by atoms with Crippen LogP contribution < -0.4 is 0 Å². The van der Waals surface area contributed by atoms with Crippen LogP contribution in [0.2, 0.25) is 26.2 Å². The summed E-state index contributed by atoms with van der Waals surface area (Å²) in [6, 6.07) is 0. The van der Waals surface area contributed by atoms with Crippen molar-refractivity contribution < 1.29 is 25.3 Å². The summed E-state index contributed by atoms with van der Waals surface area (Å²) >= 11 is 0. The van der Waals surface area contributed by atoms with Crippen LogP contribution in [-0.4, -0.2) is 49.4 Å². The van der Waals surface area contributed by atoms with E-state index in [1.807, 2.05) is 40.0 Å². The smallest absolute Gasteiger partial charge is 0.393 e.